The van der Waals surface area contributed by atoms with E-state index < -0.39 is 30.3 Å². The van der Waals surface area contributed by atoms with Crippen molar-refractivity contribution in [1.29, 1.82) is 0 Å². The van der Waals surface area contributed by atoms with Gasteiger partial charge in [-0.3, -0.25) is 19.3 Å². The van der Waals surface area contributed by atoms with Crippen LogP contribution in [0.4, 0.5) is 10.8 Å². The minimum absolute atomic E-state index is 0.255. The van der Waals surface area contributed by atoms with Crippen molar-refractivity contribution in [2.75, 3.05) is 16.8 Å². The summed E-state index contributed by atoms with van der Waals surface area (Å²) < 4.78 is 5.46. The number of hydrogen-bond donors (Lipinski definition) is 2. The quantitative estimate of drug-likeness (QED) is 0.845. The molecule has 1 atom stereocenters. The molecule has 1 aromatic carbocycles. The second-order valence-corrected chi connectivity index (χ2v) is 5.88. The first-order valence-electron chi connectivity index (χ1n) is 7.03. The number of aromatic nitrogens is 1. The molecule has 2 N–H and O–H groups in total. The van der Waals surface area contributed by atoms with E-state index in [1.54, 1.807) is 35.8 Å². The van der Waals surface area contributed by atoms with Crippen LogP contribution in [0.25, 0.3) is 0 Å². The highest BCUT2D eigenvalue weighted by molar-refractivity contribution is 7.13. The van der Waals surface area contributed by atoms with Gasteiger partial charge in [0.15, 0.2) is 11.2 Å². The van der Waals surface area contributed by atoms with Crippen LogP contribution in [-0.2, 0) is 14.4 Å². The van der Waals surface area contributed by atoms with Gasteiger partial charge in [-0.05, 0) is 12.1 Å². The minimum Gasteiger partial charge on any atom is -0.481 e. The maximum absolute atomic E-state index is 12.5. The maximum Gasteiger partial charge on any atom is 0.307 e. The number of amides is 2. The number of ether oxygens (including phenoxy) is 1. The lowest BCUT2D eigenvalue weighted by Crippen LogP contribution is -2.49. The average molecular weight is 347 g/mol. The Bertz CT molecular complexity index is 777. The molecule has 8 nitrogen and oxygen atoms in total. The van der Waals surface area contributed by atoms with Gasteiger partial charge in [-0.2, -0.15) is 0 Å². The molecule has 124 valence electrons. The Morgan fingerprint density at radius 3 is 2.88 bits per heavy atom. The predicted octanol–water partition coefficient (Wildman–Crippen LogP) is 1.35. The molecular weight excluding hydrogens is 334 g/mol. The molecule has 0 spiro atoms. The Balaban J connectivity index is 1.82. The van der Waals surface area contributed by atoms with Crippen molar-refractivity contribution in [1.82, 2.24) is 4.98 Å². The Kier molecular flexibility index (Phi) is 4.43. The van der Waals surface area contributed by atoms with Gasteiger partial charge in [-0.1, -0.05) is 12.1 Å². The molecule has 1 aliphatic rings. The summed E-state index contributed by atoms with van der Waals surface area (Å²) in [5.41, 5.74) is 0.429. The monoisotopic (exact) mass is 347 g/mol. The molecule has 0 fully saturated rings. The van der Waals surface area contributed by atoms with E-state index in [2.05, 4.69) is 10.3 Å². The van der Waals surface area contributed by atoms with Crippen LogP contribution in [0.1, 0.15) is 6.42 Å². The second-order valence-electron chi connectivity index (χ2n) is 4.98. The molecule has 1 aromatic heterocycles. The third-order valence-corrected chi connectivity index (χ3v) is 4.00. The molecule has 1 aliphatic heterocycles. The summed E-state index contributed by atoms with van der Waals surface area (Å²) in [7, 11) is 0. The summed E-state index contributed by atoms with van der Waals surface area (Å²) in [6.45, 7) is -0.255. The van der Waals surface area contributed by atoms with Gasteiger partial charge in [0.1, 0.15) is 12.3 Å². The van der Waals surface area contributed by atoms with Crippen LogP contribution >= 0.6 is 11.3 Å². The number of fused-ring (bicyclic) bond motifs is 1. The molecule has 9 heteroatoms. The largest absolute Gasteiger partial charge is 0.481 e. The topological polar surface area (TPSA) is 109 Å². The SMILES string of the molecule is O=C(O)CC1Oc2ccccc2N(CC(=O)Nc2nccs2)C1=O. The molecule has 0 aliphatic carbocycles. The summed E-state index contributed by atoms with van der Waals surface area (Å²) in [6, 6.07) is 6.68. The van der Waals surface area contributed by atoms with E-state index in [-0.39, 0.29) is 6.54 Å². The van der Waals surface area contributed by atoms with E-state index in [1.807, 2.05) is 0 Å². The van der Waals surface area contributed by atoms with Crippen molar-refractivity contribution in [3.63, 3.8) is 0 Å². The Morgan fingerprint density at radius 1 is 1.38 bits per heavy atom. The Hall–Kier alpha value is -2.94. The fourth-order valence-electron chi connectivity index (χ4n) is 2.31. The number of aliphatic carboxylic acids is 1. The number of rotatable bonds is 5. The van der Waals surface area contributed by atoms with Crippen molar-refractivity contribution in [3.05, 3.63) is 35.8 Å². The molecule has 2 heterocycles. The molecule has 24 heavy (non-hydrogen) atoms. The number of nitrogens with one attached hydrogen (secondary N) is 1. The standard InChI is InChI=1S/C15H13N3O5S/c19-12(17-15-16-5-6-24-15)8-18-9-3-1-2-4-10(9)23-11(14(18)22)7-13(20)21/h1-6,11H,7-8H2,(H,20,21)(H,16,17,19). The number of nitrogens with zero attached hydrogens (tertiary/aromatic N) is 2. The van der Waals surface area contributed by atoms with Crippen molar-refractivity contribution >= 4 is 39.9 Å². The third kappa shape index (κ3) is 3.35. The molecule has 2 amide bonds. The zero-order valence-electron chi connectivity index (χ0n) is 12.3. The zero-order valence-corrected chi connectivity index (χ0v) is 13.2. The number of carboxylic acid groups (broad SMARTS) is 1. The van der Waals surface area contributed by atoms with Gasteiger partial charge >= 0.3 is 5.97 Å². The second kappa shape index (κ2) is 6.67. The molecule has 0 saturated heterocycles. The van der Waals surface area contributed by atoms with Crippen LogP contribution in [-0.4, -0.2) is 40.5 Å². The van der Waals surface area contributed by atoms with Crippen molar-refractivity contribution < 1.29 is 24.2 Å². The van der Waals surface area contributed by atoms with Crippen molar-refractivity contribution in [2.45, 2.75) is 12.5 Å². The summed E-state index contributed by atoms with van der Waals surface area (Å²) in [5.74, 6) is -1.78. The van der Waals surface area contributed by atoms with E-state index in [9.17, 15) is 14.4 Å². The van der Waals surface area contributed by atoms with Gasteiger partial charge in [0, 0.05) is 11.6 Å². The normalized spacial score (nSPS) is 16.2. The first kappa shape index (κ1) is 15.9. The number of carboxylic acids is 1. The lowest BCUT2D eigenvalue weighted by molar-refractivity contribution is -0.142. The van der Waals surface area contributed by atoms with Gasteiger partial charge in [0.25, 0.3) is 5.91 Å². The van der Waals surface area contributed by atoms with Gasteiger partial charge in [0.2, 0.25) is 5.91 Å². The molecule has 0 radical (unpaired) electrons. The average Bonchev–Trinajstić information content (AvgIpc) is 3.03. The highest BCUT2D eigenvalue weighted by Crippen LogP contribution is 2.34. The van der Waals surface area contributed by atoms with Gasteiger partial charge in [-0.15, -0.1) is 11.3 Å². The smallest absolute Gasteiger partial charge is 0.307 e. The number of benzene rings is 1. The van der Waals surface area contributed by atoms with E-state index in [4.69, 9.17) is 9.84 Å². The Labute approximate surface area is 140 Å². The summed E-state index contributed by atoms with van der Waals surface area (Å²) in [4.78, 5) is 40.8. The van der Waals surface area contributed by atoms with E-state index in [0.717, 1.165) is 0 Å². The number of hydrogen-bond acceptors (Lipinski definition) is 6. The Morgan fingerprint density at radius 2 is 2.17 bits per heavy atom. The predicted molar refractivity (Wildman–Crippen MR) is 86.2 cm³/mol. The summed E-state index contributed by atoms with van der Waals surface area (Å²) >= 11 is 1.26. The number of anilines is 2. The minimum atomic E-state index is -1.16. The molecular formula is C15H13N3O5S. The molecule has 3 rings (SSSR count). The fourth-order valence-corrected chi connectivity index (χ4v) is 2.86. The number of thiazole rings is 1. The first-order chi connectivity index (χ1) is 11.5. The van der Waals surface area contributed by atoms with Crippen LogP contribution < -0.4 is 15.0 Å². The molecule has 0 bridgehead atoms. The highest BCUT2D eigenvalue weighted by Gasteiger charge is 2.36. The molecule has 2 aromatic rings. The third-order valence-electron chi connectivity index (χ3n) is 3.31. The fraction of sp³-hybridized carbons (Fsp3) is 0.200. The molecule has 1 unspecified atom stereocenters. The first-order valence-corrected chi connectivity index (χ1v) is 7.91. The van der Waals surface area contributed by atoms with Crippen LogP contribution in [0.15, 0.2) is 35.8 Å². The summed E-state index contributed by atoms with van der Waals surface area (Å²) in [6.07, 6.45) is -0.0825. The van der Waals surface area contributed by atoms with E-state index >= 15 is 0 Å². The maximum atomic E-state index is 12.5. The lowest BCUT2D eigenvalue weighted by Gasteiger charge is -2.33. The van der Waals surface area contributed by atoms with Gasteiger partial charge in [0.05, 0.1) is 12.1 Å². The van der Waals surface area contributed by atoms with E-state index in [0.29, 0.717) is 16.6 Å². The van der Waals surface area contributed by atoms with Crippen LogP contribution in [0, 0.1) is 0 Å². The van der Waals surface area contributed by atoms with Crippen molar-refractivity contribution in [3.8, 4) is 5.75 Å². The van der Waals surface area contributed by atoms with Crippen LogP contribution in [0.5, 0.6) is 5.75 Å². The number of carbonyl (C=O) groups is 3. The molecule has 0 saturated carbocycles. The zero-order chi connectivity index (χ0) is 17.1. The number of para-hydroxylation sites is 2. The van der Waals surface area contributed by atoms with Gasteiger partial charge < -0.3 is 15.2 Å². The summed E-state index contributed by atoms with van der Waals surface area (Å²) in [5, 5.41) is 13.7. The number of carbonyl (C=O) groups excluding carboxylic acids is 2. The van der Waals surface area contributed by atoms with Crippen LogP contribution in [0.2, 0.25) is 0 Å². The van der Waals surface area contributed by atoms with Gasteiger partial charge in [-0.25, -0.2) is 4.98 Å². The van der Waals surface area contributed by atoms with Crippen molar-refractivity contribution in [2.24, 2.45) is 0 Å². The lowest BCUT2D eigenvalue weighted by atomic mass is 10.1. The highest BCUT2D eigenvalue weighted by atomic mass is 32.1. The van der Waals surface area contributed by atoms with E-state index in [1.165, 1.54) is 16.2 Å². The van der Waals surface area contributed by atoms with Crippen LogP contribution in [0.3, 0.4) is 0 Å².